The maximum atomic E-state index is 12.6. The summed E-state index contributed by atoms with van der Waals surface area (Å²) in [4.78, 5) is 24.6. The molecule has 4 aromatic rings. The molecule has 0 fully saturated rings. The number of aliphatic hydroxyl groups excluding tert-OH is 1. The Kier molecular flexibility index (Phi) is 3.92. The number of nitrogens with zero attached hydrogens (tertiary/aromatic N) is 3. The quantitative estimate of drug-likeness (QED) is 0.443. The van der Waals surface area contributed by atoms with Crippen LogP contribution in [0.4, 0.5) is 0 Å². The fourth-order valence-corrected chi connectivity index (χ4v) is 2.98. The minimum Gasteiger partial charge on any atom is -0.394 e. The standard InChI is InChI=1S/C19H20N6O2/c1-10-5-4-6-11-14(10)24-25-15(11)13-8-21-17-16(22-13)12(7-20-17)18(27)23-19(2,3)9-26/h4-8,26H,9H2,1-3H3,(H,20,21)(H,23,27)(H,24,25). The molecule has 0 atom stereocenters. The molecule has 0 aliphatic rings. The van der Waals surface area contributed by atoms with E-state index in [2.05, 4.69) is 30.5 Å². The highest BCUT2D eigenvalue weighted by molar-refractivity contribution is 6.05. The van der Waals surface area contributed by atoms with Crippen molar-refractivity contribution in [1.82, 2.24) is 30.5 Å². The highest BCUT2D eigenvalue weighted by Gasteiger charge is 2.23. The number of carbonyl (C=O) groups excluding carboxylic acids is 1. The third-order valence-corrected chi connectivity index (χ3v) is 4.52. The number of H-pyrrole nitrogens is 2. The van der Waals surface area contributed by atoms with Gasteiger partial charge in [0.05, 0.1) is 35.1 Å². The number of aryl methyl sites for hydroxylation is 1. The van der Waals surface area contributed by atoms with E-state index >= 15 is 0 Å². The van der Waals surface area contributed by atoms with Crippen LogP contribution in [-0.2, 0) is 0 Å². The first-order valence-corrected chi connectivity index (χ1v) is 8.61. The Morgan fingerprint density at radius 2 is 2.11 bits per heavy atom. The minimum atomic E-state index is -0.733. The molecule has 0 aliphatic carbocycles. The molecule has 1 amide bonds. The summed E-state index contributed by atoms with van der Waals surface area (Å²) in [6, 6.07) is 5.94. The van der Waals surface area contributed by atoms with Gasteiger partial charge in [0, 0.05) is 11.6 Å². The van der Waals surface area contributed by atoms with E-state index < -0.39 is 5.54 Å². The number of hydrogen-bond acceptors (Lipinski definition) is 5. The normalized spacial score (nSPS) is 12.0. The molecule has 0 spiro atoms. The predicted octanol–water partition coefficient (Wildman–Crippen LogP) is 2.31. The molecular weight excluding hydrogens is 344 g/mol. The number of amides is 1. The first-order valence-electron chi connectivity index (χ1n) is 8.61. The molecule has 138 valence electrons. The van der Waals surface area contributed by atoms with Crippen LogP contribution in [0.5, 0.6) is 0 Å². The van der Waals surface area contributed by atoms with Crippen molar-refractivity contribution in [1.29, 1.82) is 0 Å². The predicted molar refractivity (Wildman–Crippen MR) is 102 cm³/mol. The van der Waals surface area contributed by atoms with Crippen molar-refractivity contribution in [2.45, 2.75) is 26.3 Å². The molecule has 8 nitrogen and oxygen atoms in total. The minimum absolute atomic E-state index is 0.169. The van der Waals surface area contributed by atoms with Gasteiger partial charge in [-0.2, -0.15) is 5.10 Å². The molecule has 4 N–H and O–H groups in total. The summed E-state index contributed by atoms with van der Waals surface area (Å²) in [5.41, 5.74) is 3.93. The SMILES string of the molecule is Cc1cccc2c(-c3cnc4[nH]cc(C(=O)NC(C)(C)CO)c4n3)[nH]nc12. The zero-order chi connectivity index (χ0) is 19.2. The van der Waals surface area contributed by atoms with Crippen LogP contribution in [0, 0.1) is 6.92 Å². The van der Waals surface area contributed by atoms with E-state index in [1.807, 2.05) is 25.1 Å². The number of rotatable bonds is 4. The number of nitrogens with one attached hydrogen (secondary N) is 3. The Balaban J connectivity index is 1.80. The highest BCUT2D eigenvalue weighted by Crippen LogP contribution is 2.27. The summed E-state index contributed by atoms with van der Waals surface area (Å²) in [6.45, 7) is 5.32. The number of para-hydroxylation sites is 1. The first kappa shape index (κ1) is 17.2. The van der Waals surface area contributed by atoms with Gasteiger partial charge in [0.2, 0.25) is 0 Å². The first-order chi connectivity index (χ1) is 12.9. The third-order valence-electron chi connectivity index (χ3n) is 4.52. The molecule has 0 saturated carbocycles. The van der Waals surface area contributed by atoms with Crippen molar-refractivity contribution in [2.24, 2.45) is 0 Å². The van der Waals surface area contributed by atoms with E-state index in [1.165, 1.54) is 0 Å². The summed E-state index contributed by atoms with van der Waals surface area (Å²) < 4.78 is 0. The highest BCUT2D eigenvalue weighted by atomic mass is 16.3. The van der Waals surface area contributed by atoms with E-state index in [0.29, 0.717) is 22.4 Å². The molecule has 4 rings (SSSR count). The lowest BCUT2D eigenvalue weighted by molar-refractivity contribution is 0.0871. The van der Waals surface area contributed by atoms with Gasteiger partial charge in [0.1, 0.15) is 11.2 Å². The Morgan fingerprint density at radius 3 is 2.89 bits per heavy atom. The maximum Gasteiger partial charge on any atom is 0.255 e. The average Bonchev–Trinajstić information content (AvgIpc) is 3.25. The number of fused-ring (bicyclic) bond motifs is 2. The molecule has 3 aromatic heterocycles. The second kappa shape index (κ2) is 6.17. The molecule has 0 unspecified atom stereocenters. The van der Waals surface area contributed by atoms with Crippen molar-refractivity contribution in [3.63, 3.8) is 0 Å². The van der Waals surface area contributed by atoms with Crippen LogP contribution < -0.4 is 5.32 Å². The summed E-state index contributed by atoms with van der Waals surface area (Å²) in [7, 11) is 0. The topological polar surface area (TPSA) is 120 Å². The van der Waals surface area contributed by atoms with Crippen LogP contribution in [0.3, 0.4) is 0 Å². The average molecular weight is 364 g/mol. The second-order valence-electron chi connectivity index (χ2n) is 7.22. The van der Waals surface area contributed by atoms with Crippen molar-refractivity contribution >= 4 is 28.0 Å². The smallest absolute Gasteiger partial charge is 0.255 e. The van der Waals surface area contributed by atoms with Crippen molar-refractivity contribution in [2.75, 3.05) is 6.61 Å². The Hall–Kier alpha value is -3.26. The molecular formula is C19H20N6O2. The van der Waals surface area contributed by atoms with Crippen LogP contribution in [0.2, 0.25) is 0 Å². The van der Waals surface area contributed by atoms with Gasteiger partial charge in [0.25, 0.3) is 5.91 Å². The number of carbonyl (C=O) groups is 1. The van der Waals surface area contributed by atoms with Crippen LogP contribution in [0.15, 0.2) is 30.6 Å². The molecule has 1 aromatic carbocycles. The van der Waals surface area contributed by atoms with E-state index in [0.717, 1.165) is 22.2 Å². The van der Waals surface area contributed by atoms with E-state index in [4.69, 9.17) is 0 Å². The van der Waals surface area contributed by atoms with Crippen LogP contribution in [0.25, 0.3) is 33.5 Å². The fraction of sp³-hybridized carbons (Fsp3) is 0.263. The molecule has 0 bridgehead atoms. The van der Waals surface area contributed by atoms with Crippen LogP contribution >= 0.6 is 0 Å². The van der Waals surface area contributed by atoms with E-state index in [1.54, 1.807) is 26.2 Å². The van der Waals surface area contributed by atoms with E-state index in [-0.39, 0.29) is 12.5 Å². The lowest BCUT2D eigenvalue weighted by Gasteiger charge is -2.23. The Labute approximate surface area is 155 Å². The number of aromatic amines is 2. The monoisotopic (exact) mass is 364 g/mol. The zero-order valence-corrected chi connectivity index (χ0v) is 15.3. The van der Waals surface area contributed by atoms with Crippen LogP contribution in [0.1, 0.15) is 29.8 Å². The Bertz CT molecular complexity index is 1160. The summed E-state index contributed by atoms with van der Waals surface area (Å²) in [5, 5.41) is 20.5. The number of benzene rings is 1. The van der Waals surface area contributed by atoms with Gasteiger partial charge in [-0.05, 0) is 26.3 Å². The number of aromatic nitrogens is 5. The Morgan fingerprint density at radius 1 is 1.30 bits per heavy atom. The van der Waals surface area contributed by atoms with Gasteiger partial charge in [0.15, 0.2) is 5.65 Å². The van der Waals surface area contributed by atoms with Crippen molar-refractivity contribution < 1.29 is 9.90 Å². The number of aliphatic hydroxyl groups is 1. The summed E-state index contributed by atoms with van der Waals surface area (Å²) in [5.74, 6) is -0.322. The van der Waals surface area contributed by atoms with Gasteiger partial charge in [-0.3, -0.25) is 9.89 Å². The molecule has 27 heavy (non-hydrogen) atoms. The maximum absolute atomic E-state index is 12.6. The molecule has 0 saturated heterocycles. The lowest BCUT2D eigenvalue weighted by atomic mass is 10.1. The molecule has 0 aliphatic heterocycles. The number of hydrogen-bond donors (Lipinski definition) is 4. The van der Waals surface area contributed by atoms with Gasteiger partial charge < -0.3 is 15.4 Å². The lowest BCUT2D eigenvalue weighted by Crippen LogP contribution is -2.46. The summed E-state index contributed by atoms with van der Waals surface area (Å²) >= 11 is 0. The van der Waals surface area contributed by atoms with Gasteiger partial charge in [-0.1, -0.05) is 18.2 Å². The third kappa shape index (κ3) is 2.93. The second-order valence-corrected chi connectivity index (χ2v) is 7.22. The van der Waals surface area contributed by atoms with E-state index in [9.17, 15) is 9.90 Å². The molecule has 0 radical (unpaired) electrons. The van der Waals surface area contributed by atoms with Gasteiger partial charge in [-0.15, -0.1) is 0 Å². The summed E-state index contributed by atoms with van der Waals surface area (Å²) in [6.07, 6.45) is 3.22. The largest absolute Gasteiger partial charge is 0.394 e. The van der Waals surface area contributed by atoms with Crippen LogP contribution in [-0.4, -0.2) is 48.3 Å². The molecule has 8 heteroatoms. The fourth-order valence-electron chi connectivity index (χ4n) is 2.98. The van der Waals surface area contributed by atoms with Gasteiger partial charge in [-0.25, -0.2) is 9.97 Å². The zero-order valence-electron chi connectivity index (χ0n) is 15.3. The molecule has 3 heterocycles. The van der Waals surface area contributed by atoms with Crippen molar-refractivity contribution in [3.05, 3.63) is 41.7 Å². The van der Waals surface area contributed by atoms with Gasteiger partial charge >= 0.3 is 0 Å². The van der Waals surface area contributed by atoms with Crippen molar-refractivity contribution in [3.8, 4) is 11.4 Å².